The third kappa shape index (κ3) is 3.16. The highest BCUT2D eigenvalue weighted by atomic mass is 16.5. The first-order chi connectivity index (χ1) is 11.5. The Morgan fingerprint density at radius 3 is 1.96 bits per heavy atom. The second-order valence-electron chi connectivity index (χ2n) is 6.78. The van der Waals surface area contributed by atoms with Crippen molar-refractivity contribution in [3.63, 3.8) is 0 Å². The lowest BCUT2D eigenvalue weighted by molar-refractivity contribution is -0.131. The van der Waals surface area contributed by atoms with Crippen molar-refractivity contribution in [3.05, 3.63) is 59.7 Å². The molecule has 0 saturated heterocycles. The van der Waals surface area contributed by atoms with E-state index in [2.05, 4.69) is 31.2 Å². The van der Waals surface area contributed by atoms with E-state index in [1.165, 1.54) is 24.5 Å². The topological polar surface area (TPSA) is 35.5 Å². The highest BCUT2D eigenvalue weighted by Crippen LogP contribution is 2.49. The molecule has 2 aromatic rings. The summed E-state index contributed by atoms with van der Waals surface area (Å²) in [5, 5.41) is 0. The van der Waals surface area contributed by atoms with Crippen LogP contribution in [-0.2, 0) is 10.2 Å². The zero-order chi connectivity index (χ0) is 17.2. The summed E-state index contributed by atoms with van der Waals surface area (Å²) in [5.74, 6) is 1.88. The van der Waals surface area contributed by atoms with E-state index in [-0.39, 0.29) is 11.4 Å². The molecule has 0 N–H and O–H groups in total. The zero-order valence-electron chi connectivity index (χ0n) is 14.5. The molecular formula is C21H24O3. The van der Waals surface area contributed by atoms with Crippen LogP contribution in [0.15, 0.2) is 48.5 Å². The van der Waals surface area contributed by atoms with Gasteiger partial charge in [-0.1, -0.05) is 31.2 Å². The lowest BCUT2D eigenvalue weighted by Crippen LogP contribution is -2.24. The Hall–Kier alpha value is -2.29. The van der Waals surface area contributed by atoms with Gasteiger partial charge in [-0.05, 0) is 60.6 Å². The van der Waals surface area contributed by atoms with Crippen LogP contribution in [0.3, 0.4) is 0 Å². The predicted molar refractivity (Wildman–Crippen MR) is 94.5 cm³/mol. The lowest BCUT2D eigenvalue weighted by Gasteiger charge is -2.31. The Kier molecular flexibility index (Phi) is 4.61. The van der Waals surface area contributed by atoms with E-state index in [0.717, 1.165) is 18.6 Å². The van der Waals surface area contributed by atoms with Crippen LogP contribution < -0.4 is 9.47 Å². The van der Waals surface area contributed by atoms with Crippen LogP contribution in [0.1, 0.15) is 44.2 Å². The SMILES string of the molecule is COc1ccc(C2(c3ccc(OC(C)=O)cc3)CCC(C)C2)cc1. The molecule has 0 bridgehead atoms. The molecule has 1 saturated carbocycles. The summed E-state index contributed by atoms with van der Waals surface area (Å²) < 4.78 is 10.5. The van der Waals surface area contributed by atoms with E-state index in [0.29, 0.717) is 11.7 Å². The van der Waals surface area contributed by atoms with Gasteiger partial charge in [-0.2, -0.15) is 0 Å². The summed E-state index contributed by atoms with van der Waals surface area (Å²) in [6.07, 6.45) is 3.48. The summed E-state index contributed by atoms with van der Waals surface area (Å²) in [6, 6.07) is 16.4. The second-order valence-corrected chi connectivity index (χ2v) is 6.78. The maximum Gasteiger partial charge on any atom is 0.308 e. The van der Waals surface area contributed by atoms with Gasteiger partial charge in [-0.15, -0.1) is 0 Å². The van der Waals surface area contributed by atoms with Crippen molar-refractivity contribution >= 4 is 5.97 Å². The first-order valence-corrected chi connectivity index (χ1v) is 8.47. The average Bonchev–Trinajstić information content (AvgIpc) is 2.98. The van der Waals surface area contributed by atoms with E-state index in [9.17, 15) is 4.79 Å². The second kappa shape index (κ2) is 6.68. The molecule has 1 fully saturated rings. The van der Waals surface area contributed by atoms with Crippen LogP contribution in [0.4, 0.5) is 0 Å². The quantitative estimate of drug-likeness (QED) is 0.602. The van der Waals surface area contributed by atoms with E-state index in [4.69, 9.17) is 9.47 Å². The standard InChI is InChI=1S/C21H24O3/c1-15-12-13-21(14-15,17-4-8-19(23-3)9-5-17)18-6-10-20(11-7-18)24-16(2)22/h4-11,15H,12-14H2,1-3H3. The van der Waals surface area contributed by atoms with Gasteiger partial charge in [0.1, 0.15) is 11.5 Å². The van der Waals surface area contributed by atoms with Crippen LogP contribution in [-0.4, -0.2) is 13.1 Å². The van der Waals surface area contributed by atoms with Gasteiger partial charge < -0.3 is 9.47 Å². The van der Waals surface area contributed by atoms with Gasteiger partial charge in [0.2, 0.25) is 0 Å². The molecular weight excluding hydrogens is 300 g/mol. The Balaban J connectivity index is 1.98. The van der Waals surface area contributed by atoms with E-state index in [1.54, 1.807) is 7.11 Å². The molecule has 126 valence electrons. The number of benzene rings is 2. The van der Waals surface area contributed by atoms with Gasteiger partial charge in [0.05, 0.1) is 7.11 Å². The monoisotopic (exact) mass is 324 g/mol. The minimum atomic E-state index is -0.290. The molecule has 0 aliphatic heterocycles. The fourth-order valence-corrected chi connectivity index (χ4v) is 3.90. The Labute approximate surface area is 143 Å². The third-order valence-corrected chi connectivity index (χ3v) is 5.07. The van der Waals surface area contributed by atoms with Crippen LogP contribution >= 0.6 is 0 Å². The molecule has 0 aromatic heterocycles. The molecule has 3 heteroatoms. The van der Waals surface area contributed by atoms with Crippen molar-refractivity contribution in [1.29, 1.82) is 0 Å². The molecule has 1 aliphatic rings. The normalized spacial score (nSPS) is 23.0. The van der Waals surface area contributed by atoms with Gasteiger partial charge in [0.25, 0.3) is 0 Å². The number of hydrogen-bond donors (Lipinski definition) is 0. The fourth-order valence-electron chi connectivity index (χ4n) is 3.90. The number of esters is 1. The van der Waals surface area contributed by atoms with Gasteiger partial charge in [-0.3, -0.25) is 4.79 Å². The molecule has 24 heavy (non-hydrogen) atoms. The number of carbonyl (C=O) groups is 1. The van der Waals surface area contributed by atoms with Crippen LogP contribution in [0.25, 0.3) is 0 Å². The van der Waals surface area contributed by atoms with E-state index >= 15 is 0 Å². The summed E-state index contributed by atoms with van der Waals surface area (Å²) in [6.45, 7) is 3.74. The molecule has 3 rings (SSSR count). The highest BCUT2D eigenvalue weighted by Gasteiger charge is 2.40. The molecule has 0 spiro atoms. The summed E-state index contributed by atoms with van der Waals surface area (Å²) in [5.41, 5.74) is 2.64. The largest absolute Gasteiger partial charge is 0.497 e. The Bertz CT molecular complexity index is 703. The molecule has 2 aromatic carbocycles. The maximum atomic E-state index is 11.1. The summed E-state index contributed by atoms with van der Waals surface area (Å²) in [7, 11) is 1.69. The minimum Gasteiger partial charge on any atom is -0.497 e. The number of carbonyl (C=O) groups excluding carboxylic acids is 1. The first kappa shape index (κ1) is 16.6. The molecule has 1 aliphatic carbocycles. The van der Waals surface area contributed by atoms with Gasteiger partial charge in [0, 0.05) is 12.3 Å². The van der Waals surface area contributed by atoms with Gasteiger partial charge >= 0.3 is 5.97 Å². The zero-order valence-corrected chi connectivity index (χ0v) is 14.5. The average molecular weight is 324 g/mol. The summed E-state index contributed by atoms with van der Waals surface area (Å²) >= 11 is 0. The number of methoxy groups -OCH3 is 1. The number of hydrogen-bond acceptors (Lipinski definition) is 3. The van der Waals surface area contributed by atoms with Gasteiger partial charge in [0.15, 0.2) is 0 Å². The van der Waals surface area contributed by atoms with Crippen LogP contribution in [0.5, 0.6) is 11.5 Å². The predicted octanol–water partition coefficient (Wildman–Crippen LogP) is 4.73. The van der Waals surface area contributed by atoms with E-state index in [1.807, 2.05) is 24.3 Å². The van der Waals surface area contributed by atoms with Gasteiger partial charge in [-0.25, -0.2) is 0 Å². The third-order valence-electron chi connectivity index (χ3n) is 5.07. The molecule has 3 nitrogen and oxygen atoms in total. The molecule has 0 heterocycles. The van der Waals surface area contributed by atoms with Crippen molar-refractivity contribution in [2.75, 3.05) is 7.11 Å². The molecule has 2 unspecified atom stereocenters. The van der Waals surface area contributed by atoms with Crippen molar-refractivity contribution in [2.24, 2.45) is 5.92 Å². The summed E-state index contributed by atoms with van der Waals surface area (Å²) in [4.78, 5) is 11.1. The van der Waals surface area contributed by atoms with Crippen molar-refractivity contribution in [1.82, 2.24) is 0 Å². The smallest absolute Gasteiger partial charge is 0.308 e. The maximum absolute atomic E-state index is 11.1. The number of rotatable bonds is 4. The Morgan fingerprint density at radius 1 is 1.00 bits per heavy atom. The van der Waals surface area contributed by atoms with Crippen LogP contribution in [0, 0.1) is 5.92 Å². The van der Waals surface area contributed by atoms with Crippen molar-refractivity contribution in [2.45, 2.75) is 38.5 Å². The van der Waals surface area contributed by atoms with Crippen molar-refractivity contribution in [3.8, 4) is 11.5 Å². The minimum absolute atomic E-state index is 0.0282. The lowest BCUT2D eigenvalue weighted by atomic mass is 9.72. The molecule has 2 atom stereocenters. The van der Waals surface area contributed by atoms with E-state index < -0.39 is 0 Å². The highest BCUT2D eigenvalue weighted by molar-refractivity contribution is 5.69. The van der Waals surface area contributed by atoms with Crippen molar-refractivity contribution < 1.29 is 14.3 Å². The Morgan fingerprint density at radius 2 is 1.54 bits per heavy atom. The molecule has 0 amide bonds. The molecule has 0 radical (unpaired) electrons. The fraction of sp³-hybridized carbons (Fsp3) is 0.381. The van der Waals surface area contributed by atoms with Crippen LogP contribution in [0.2, 0.25) is 0 Å². The number of ether oxygens (including phenoxy) is 2. The first-order valence-electron chi connectivity index (χ1n) is 8.47.